The van der Waals surface area contributed by atoms with E-state index in [0.29, 0.717) is 11.3 Å². The second-order valence-electron chi connectivity index (χ2n) is 5.12. The van der Waals surface area contributed by atoms with Gasteiger partial charge in [-0.2, -0.15) is 0 Å². The van der Waals surface area contributed by atoms with E-state index in [9.17, 15) is 4.79 Å². The maximum atomic E-state index is 12.6. The molecular weight excluding hydrogens is 262 g/mol. The highest BCUT2D eigenvalue weighted by Crippen LogP contribution is 2.25. The molecule has 0 aromatic heterocycles. The normalized spacial score (nSPS) is 10.3. The van der Waals surface area contributed by atoms with Crippen molar-refractivity contribution in [1.82, 2.24) is 0 Å². The van der Waals surface area contributed by atoms with Crippen molar-refractivity contribution in [2.45, 2.75) is 27.2 Å². The van der Waals surface area contributed by atoms with Gasteiger partial charge in [-0.25, -0.2) is 0 Å². The highest BCUT2D eigenvalue weighted by Gasteiger charge is 2.15. The summed E-state index contributed by atoms with van der Waals surface area (Å²) in [5.74, 6) is 0.448. The lowest BCUT2D eigenvalue weighted by molar-refractivity contribution is 0.102. The third-order valence-electron chi connectivity index (χ3n) is 3.58. The molecule has 0 fully saturated rings. The molecule has 0 aliphatic heterocycles. The van der Waals surface area contributed by atoms with E-state index in [2.05, 4.69) is 12.2 Å². The monoisotopic (exact) mass is 283 g/mol. The topological polar surface area (TPSA) is 38.3 Å². The van der Waals surface area contributed by atoms with E-state index in [-0.39, 0.29) is 5.91 Å². The molecule has 21 heavy (non-hydrogen) atoms. The van der Waals surface area contributed by atoms with Crippen molar-refractivity contribution in [1.29, 1.82) is 0 Å². The first kappa shape index (κ1) is 15.1. The Balaban J connectivity index is 2.37. The molecule has 0 aliphatic rings. The Morgan fingerprint density at radius 2 is 1.95 bits per heavy atom. The molecule has 3 heteroatoms. The number of carbonyl (C=O) groups is 1. The van der Waals surface area contributed by atoms with E-state index >= 15 is 0 Å². The summed E-state index contributed by atoms with van der Waals surface area (Å²) >= 11 is 0. The van der Waals surface area contributed by atoms with Crippen molar-refractivity contribution in [3.05, 3.63) is 58.7 Å². The van der Waals surface area contributed by atoms with Gasteiger partial charge in [-0.05, 0) is 43.5 Å². The molecule has 110 valence electrons. The van der Waals surface area contributed by atoms with Gasteiger partial charge in [0.15, 0.2) is 0 Å². The lowest BCUT2D eigenvalue weighted by Gasteiger charge is -2.14. The fourth-order valence-electron chi connectivity index (χ4n) is 2.38. The van der Waals surface area contributed by atoms with Gasteiger partial charge in [0.05, 0.1) is 12.7 Å². The van der Waals surface area contributed by atoms with Crippen molar-refractivity contribution in [2.75, 3.05) is 12.4 Å². The number of hydrogen-bond acceptors (Lipinski definition) is 2. The van der Waals surface area contributed by atoms with Crippen LogP contribution in [0.3, 0.4) is 0 Å². The van der Waals surface area contributed by atoms with Gasteiger partial charge >= 0.3 is 0 Å². The third-order valence-corrected chi connectivity index (χ3v) is 3.58. The number of hydrogen-bond donors (Lipinski definition) is 1. The van der Waals surface area contributed by atoms with E-state index in [1.807, 2.05) is 50.2 Å². The van der Waals surface area contributed by atoms with E-state index in [1.165, 1.54) is 0 Å². The molecule has 0 atom stereocenters. The lowest BCUT2D eigenvalue weighted by Crippen LogP contribution is -2.15. The van der Waals surface area contributed by atoms with Crippen LogP contribution in [-0.2, 0) is 6.42 Å². The largest absolute Gasteiger partial charge is 0.496 e. The van der Waals surface area contributed by atoms with Gasteiger partial charge in [-0.3, -0.25) is 4.79 Å². The molecule has 2 aromatic carbocycles. The van der Waals surface area contributed by atoms with Crippen molar-refractivity contribution in [2.24, 2.45) is 0 Å². The van der Waals surface area contributed by atoms with Crippen LogP contribution in [0.4, 0.5) is 5.69 Å². The van der Waals surface area contributed by atoms with Crippen LogP contribution >= 0.6 is 0 Å². The van der Waals surface area contributed by atoms with Crippen molar-refractivity contribution in [3.63, 3.8) is 0 Å². The Labute approximate surface area is 126 Å². The molecule has 3 nitrogen and oxygen atoms in total. The summed E-state index contributed by atoms with van der Waals surface area (Å²) in [5.41, 5.74) is 4.68. The molecule has 0 saturated heterocycles. The molecule has 0 radical (unpaired) electrons. The molecule has 0 heterocycles. The predicted molar refractivity (Wildman–Crippen MR) is 86.2 cm³/mol. The molecule has 2 aromatic rings. The number of rotatable bonds is 4. The molecule has 0 saturated carbocycles. The standard InChI is InChI=1S/C18H21NO2/c1-5-14-8-6-7-13(3)17(14)19-18(20)15-11-12(2)9-10-16(15)21-4/h6-11H,5H2,1-4H3,(H,19,20). The average molecular weight is 283 g/mol. The van der Waals surface area contributed by atoms with Crippen LogP contribution in [0.1, 0.15) is 34.0 Å². The highest BCUT2D eigenvalue weighted by atomic mass is 16.5. The Morgan fingerprint density at radius 1 is 1.19 bits per heavy atom. The maximum absolute atomic E-state index is 12.6. The number of methoxy groups -OCH3 is 1. The van der Waals surface area contributed by atoms with Gasteiger partial charge in [0.25, 0.3) is 5.91 Å². The average Bonchev–Trinajstić information content (AvgIpc) is 2.49. The summed E-state index contributed by atoms with van der Waals surface area (Å²) < 4.78 is 5.29. The van der Waals surface area contributed by atoms with Crippen molar-refractivity contribution in [3.8, 4) is 5.75 Å². The number of ether oxygens (including phenoxy) is 1. The number of anilines is 1. The Hall–Kier alpha value is -2.29. The fraction of sp³-hybridized carbons (Fsp3) is 0.278. The van der Waals surface area contributed by atoms with E-state index < -0.39 is 0 Å². The van der Waals surface area contributed by atoms with Crippen LogP contribution in [0, 0.1) is 13.8 Å². The summed E-state index contributed by atoms with van der Waals surface area (Å²) in [5, 5.41) is 3.03. The Morgan fingerprint density at radius 3 is 2.62 bits per heavy atom. The quantitative estimate of drug-likeness (QED) is 0.916. The zero-order chi connectivity index (χ0) is 15.4. The van der Waals surface area contributed by atoms with Gasteiger partial charge in [0.2, 0.25) is 0 Å². The Kier molecular flexibility index (Phi) is 4.63. The van der Waals surface area contributed by atoms with Crippen LogP contribution in [0.2, 0.25) is 0 Å². The molecular formula is C18H21NO2. The molecule has 0 unspecified atom stereocenters. The zero-order valence-corrected chi connectivity index (χ0v) is 13.0. The first-order valence-corrected chi connectivity index (χ1v) is 7.11. The summed E-state index contributed by atoms with van der Waals surface area (Å²) in [4.78, 5) is 12.6. The molecule has 0 spiro atoms. The summed E-state index contributed by atoms with van der Waals surface area (Å²) in [6, 6.07) is 11.6. The smallest absolute Gasteiger partial charge is 0.259 e. The molecule has 2 rings (SSSR count). The van der Waals surface area contributed by atoms with Crippen LogP contribution in [-0.4, -0.2) is 13.0 Å². The maximum Gasteiger partial charge on any atom is 0.259 e. The summed E-state index contributed by atoms with van der Waals surface area (Å²) in [6.07, 6.45) is 0.877. The van der Waals surface area contributed by atoms with Crippen LogP contribution in [0.25, 0.3) is 0 Å². The minimum atomic E-state index is -0.139. The summed E-state index contributed by atoms with van der Waals surface area (Å²) in [6.45, 7) is 6.04. The van der Waals surface area contributed by atoms with Gasteiger partial charge in [-0.15, -0.1) is 0 Å². The highest BCUT2D eigenvalue weighted by molar-refractivity contribution is 6.07. The van der Waals surface area contributed by atoms with Gasteiger partial charge in [0.1, 0.15) is 5.75 Å². The fourth-order valence-corrected chi connectivity index (χ4v) is 2.38. The lowest BCUT2D eigenvalue weighted by atomic mass is 10.0. The van der Waals surface area contributed by atoms with Gasteiger partial charge in [0, 0.05) is 5.69 Å². The van der Waals surface area contributed by atoms with Crippen LogP contribution in [0.5, 0.6) is 5.75 Å². The van der Waals surface area contributed by atoms with Crippen LogP contribution in [0.15, 0.2) is 36.4 Å². The number of amides is 1. The number of para-hydroxylation sites is 1. The first-order chi connectivity index (χ1) is 10.1. The number of carbonyl (C=O) groups excluding carboxylic acids is 1. The van der Waals surface area contributed by atoms with Crippen molar-refractivity contribution >= 4 is 11.6 Å². The second kappa shape index (κ2) is 6.44. The number of benzene rings is 2. The molecule has 1 N–H and O–H groups in total. The number of aryl methyl sites for hydroxylation is 3. The van der Waals surface area contributed by atoms with Crippen LogP contribution < -0.4 is 10.1 Å². The first-order valence-electron chi connectivity index (χ1n) is 7.11. The molecule has 0 bridgehead atoms. The predicted octanol–water partition coefficient (Wildman–Crippen LogP) is 4.13. The van der Waals surface area contributed by atoms with Gasteiger partial charge in [-0.1, -0.05) is 36.8 Å². The minimum Gasteiger partial charge on any atom is -0.496 e. The third kappa shape index (κ3) is 3.24. The summed E-state index contributed by atoms with van der Waals surface area (Å²) in [7, 11) is 1.58. The van der Waals surface area contributed by atoms with Crippen molar-refractivity contribution < 1.29 is 9.53 Å². The minimum absolute atomic E-state index is 0.139. The Bertz CT molecular complexity index is 662. The zero-order valence-electron chi connectivity index (χ0n) is 13.0. The number of nitrogens with one attached hydrogen (secondary N) is 1. The SMILES string of the molecule is CCc1cccc(C)c1NC(=O)c1cc(C)ccc1OC. The van der Waals surface area contributed by atoms with Gasteiger partial charge < -0.3 is 10.1 Å². The molecule has 1 amide bonds. The second-order valence-corrected chi connectivity index (χ2v) is 5.12. The van der Waals surface area contributed by atoms with E-state index in [0.717, 1.165) is 28.8 Å². The molecule has 0 aliphatic carbocycles. The van der Waals surface area contributed by atoms with E-state index in [1.54, 1.807) is 7.11 Å². The van der Waals surface area contributed by atoms with E-state index in [4.69, 9.17) is 4.74 Å².